The zero-order valence-electron chi connectivity index (χ0n) is 43.8. The fraction of sp³-hybridized carbons (Fsp3) is 0.695. The topological polar surface area (TPSA) is 175 Å². The van der Waals surface area contributed by atoms with Crippen molar-refractivity contribution >= 4 is 11.9 Å². The van der Waals surface area contributed by atoms with Crippen LogP contribution in [-0.4, -0.2) is 99.6 Å². The third-order valence-electron chi connectivity index (χ3n) is 12.2. The molecule has 11 heteroatoms. The quantitative estimate of drug-likeness (QED) is 0.0196. The van der Waals surface area contributed by atoms with Crippen molar-refractivity contribution in [3.05, 3.63) is 97.2 Å². The molecule has 400 valence electrons. The summed E-state index contributed by atoms with van der Waals surface area (Å²) < 4.78 is 17.5. The maximum atomic E-state index is 13.3. The van der Waals surface area contributed by atoms with E-state index >= 15 is 0 Å². The summed E-state index contributed by atoms with van der Waals surface area (Å²) >= 11 is 0. The molecule has 1 amide bonds. The van der Waals surface area contributed by atoms with Gasteiger partial charge in [0, 0.05) is 6.42 Å². The molecule has 1 saturated heterocycles. The number of hydrogen-bond acceptors (Lipinski definition) is 10. The second-order valence-corrected chi connectivity index (χ2v) is 18.6. The maximum Gasteiger partial charge on any atom is 0.306 e. The maximum absolute atomic E-state index is 13.3. The molecule has 1 fully saturated rings. The molecule has 0 aromatic rings. The minimum absolute atomic E-state index is 0.0399. The smallest absolute Gasteiger partial charge is 0.306 e. The van der Waals surface area contributed by atoms with Crippen LogP contribution in [0.5, 0.6) is 0 Å². The van der Waals surface area contributed by atoms with Gasteiger partial charge in [0.05, 0.1) is 25.4 Å². The van der Waals surface area contributed by atoms with E-state index in [1.165, 1.54) is 57.8 Å². The number of carbonyl (C=O) groups excluding carboxylic acids is 2. The van der Waals surface area contributed by atoms with Crippen LogP contribution in [-0.2, 0) is 23.8 Å². The molecule has 8 unspecified atom stereocenters. The first-order valence-corrected chi connectivity index (χ1v) is 27.5. The van der Waals surface area contributed by atoms with Gasteiger partial charge in [-0.2, -0.15) is 0 Å². The van der Waals surface area contributed by atoms with Crippen molar-refractivity contribution in [2.75, 3.05) is 13.2 Å². The minimum atomic E-state index is -1.64. The van der Waals surface area contributed by atoms with Gasteiger partial charge in [-0.3, -0.25) is 9.59 Å². The number of unbranched alkanes of at least 4 members (excludes halogenated alkanes) is 16. The van der Waals surface area contributed by atoms with Gasteiger partial charge < -0.3 is 45.1 Å². The van der Waals surface area contributed by atoms with Gasteiger partial charge >= 0.3 is 5.97 Å². The molecular weight excluding hydrogens is 883 g/mol. The van der Waals surface area contributed by atoms with Crippen molar-refractivity contribution in [1.29, 1.82) is 0 Å². The number of amides is 1. The lowest BCUT2D eigenvalue weighted by Crippen LogP contribution is -2.61. The Hall–Kier alpha value is -3.42. The number of aliphatic hydroxyl groups excluding tert-OH is 5. The molecule has 0 saturated carbocycles. The molecule has 1 rings (SSSR count). The van der Waals surface area contributed by atoms with Crippen molar-refractivity contribution in [2.45, 2.75) is 250 Å². The van der Waals surface area contributed by atoms with Gasteiger partial charge in [0.2, 0.25) is 5.91 Å². The monoisotopic (exact) mass is 982 g/mol. The largest absolute Gasteiger partial charge is 0.454 e. The molecule has 0 bridgehead atoms. The van der Waals surface area contributed by atoms with E-state index in [9.17, 15) is 35.1 Å². The van der Waals surface area contributed by atoms with E-state index < -0.39 is 67.4 Å². The van der Waals surface area contributed by atoms with Crippen LogP contribution in [0.1, 0.15) is 201 Å². The van der Waals surface area contributed by atoms with Gasteiger partial charge in [-0.15, -0.1) is 0 Å². The van der Waals surface area contributed by atoms with Crippen LogP contribution in [0.2, 0.25) is 0 Å². The number of ether oxygens (including phenoxy) is 3. The Kier molecular flexibility index (Phi) is 43.0. The molecular formula is C59H99NO10. The van der Waals surface area contributed by atoms with Crippen LogP contribution in [0.25, 0.3) is 0 Å². The molecule has 0 aromatic carbocycles. The van der Waals surface area contributed by atoms with Gasteiger partial charge in [-0.05, 0) is 96.3 Å². The highest BCUT2D eigenvalue weighted by atomic mass is 16.7. The molecule has 0 aromatic heterocycles. The molecule has 1 heterocycles. The van der Waals surface area contributed by atoms with Crippen molar-refractivity contribution < 1.29 is 49.3 Å². The van der Waals surface area contributed by atoms with Gasteiger partial charge in [0.25, 0.3) is 0 Å². The van der Waals surface area contributed by atoms with E-state index in [2.05, 4.69) is 99.0 Å². The standard InChI is InChI=1S/C59H99NO10/c1-4-7-10-13-16-19-22-24-25-26-27-29-32-35-38-41-44-47-54(64)70-57-56(66)55(65)53(48-61)69-59(57)68-49-50(51(62)45-42-39-36-33-30-21-18-15-12-9-6-3)60-58(67)52(63)46-43-40-37-34-31-28-23-20-17-14-11-8-5-2/h8,11,16-17,19-20,24-25,27-29,31,35,38,42,45,50-53,55-57,59,61-63,65-66H,4-7,9-10,12-15,18,21-23,26,30,32-34,36-37,39-41,43-44,46-49H2,1-3H3,(H,60,67)/b11-8+,19-16-,20-17+,25-24-,29-27-,31-28+,38-35-,45-42+. The molecule has 0 radical (unpaired) electrons. The number of carbonyl (C=O) groups is 2. The summed E-state index contributed by atoms with van der Waals surface area (Å²) in [6.07, 6.45) is 50.3. The lowest BCUT2D eigenvalue weighted by atomic mass is 9.99. The third kappa shape index (κ3) is 34.8. The van der Waals surface area contributed by atoms with Crippen LogP contribution in [0, 0.1) is 0 Å². The Morgan fingerprint density at radius 2 is 1.03 bits per heavy atom. The average Bonchev–Trinajstić information content (AvgIpc) is 3.36. The van der Waals surface area contributed by atoms with Gasteiger partial charge in [-0.25, -0.2) is 0 Å². The SMILES string of the molecule is CC/C=C/C/C=C/C/C=C/CCCCCC(O)C(=O)NC(COC1OC(CO)C(O)C(O)C1OC(=O)CCC/C=C\C/C=C\C/C=C\C/C=C\CCCCC)C(O)/C=C/CCCCCCCCCCC. The fourth-order valence-electron chi connectivity index (χ4n) is 7.83. The molecule has 0 aliphatic carbocycles. The van der Waals surface area contributed by atoms with E-state index in [0.717, 1.165) is 89.9 Å². The average molecular weight is 982 g/mol. The van der Waals surface area contributed by atoms with Crippen LogP contribution < -0.4 is 5.32 Å². The predicted octanol–water partition coefficient (Wildman–Crippen LogP) is 12.0. The van der Waals surface area contributed by atoms with E-state index in [1.807, 2.05) is 18.2 Å². The number of hydrogen-bond donors (Lipinski definition) is 6. The van der Waals surface area contributed by atoms with E-state index in [-0.39, 0.29) is 19.4 Å². The van der Waals surface area contributed by atoms with Crippen molar-refractivity contribution in [2.24, 2.45) is 0 Å². The zero-order valence-corrected chi connectivity index (χ0v) is 43.8. The van der Waals surface area contributed by atoms with Crippen LogP contribution in [0.3, 0.4) is 0 Å². The highest BCUT2D eigenvalue weighted by Crippen LogP contribution is 2.26. The van der Waals surface area contributed by atoms with E-state index in [0.29, 0.717) is 19.3 Å². The first-order valence-electron chi connectivity index (χ1n) is 27.5. The summed E-state index contributed by atoms with van der Waals surface area (Å²) in [6, 6.07) is -1.05. The third-order valence-corrected chi connectivity index (χ3v) is 12.2. The Labute approximate surface area is 425 Å². The lowest BCUT2D eigenvalue weighted by Gasteiger charge is -2.41. The highest BCUT2D eigenvalue weighted by molar-refractivity contribution is 5.80. The highest BCUT2D eigenvalue weighted by Gasteiger charge is 2.47. The van der Waals surface area contributed by atoms with Gasteiger partial charge in [-0.1, -0.05) is 195 Å². The van der Waals surface area contributed by atoms with E-state index in [1.54, 1.807) is 6.08 Å². The lowest BCUT2D eigenvalue weighted by molar-refractivity contribution is -0.305. The predicted molar refractivity (Wildman–Crippen MR) is 287 cm³/mol. The molecule has 11 nitrogen and oxygen atoms in total. The number of nitrogens with one attached hydrogen (secondary N) is 1. The van der Waals surface area contributed by atoms with Gasteiger partial charge in [0.15, 0.2) is 12.4 Å². The normalized spacial score (nSPS) is 20.5. The first kappa shape index (κ1) is 64.6. The first-order chi connectivity index (χ1) is 34.2. The number of esters is 1. The van der Waals surface area contributed by atoms with Crippen LogP contribution >= 0.6 is 0 Å². The summed E-state index contributed by atoms with van der Waals surface area (Å²) in [5.41, 5.74) is 0. The zero-order chi connectivity index (χ0) is 51.1. The Morgan fingerprint density at radius 3 is 1.57 bits per heavy atom. The second-order valence-electron chi connectivity index (χ2n) is 18.6. The Balaban J connectivity index is 2.80. The number of aliphatic hydroxyl groups is 5. The fourth-order valence-corrected chi connectivity index (χ4v) is 7.83. The van der Waals surface area contributed by atoms with Crippen molar-refractivity contribution in [3.63, 3.8) is 0 Å². The van der Waals surface area contributed by atoms with E-state index in [4.69, 9.17) is 14.2 Å². The van der Waals surface area contributed by atoms with Crippen molar-refractivity contribution in [3.8, 4) is 0 Å². The molecule has 0 spiro atoms. The Bertz CT molecular complexity index is 1500. The minimum Gasteiger partial charge on any atom is -0.454 e. The number of rotatable bonds is 44. The summed E-state index contributed by atoms with van der Waals surface area (Å²) in [5, 5.41) is 56.6. The Morgan fingerprint density at radius 1 is 0.571 bits per heavy atom. The summed E-state index contributed by atoms with van der Waals surface area (Å²) in [5.74, 6) is -1.29. The second kappa shape index (κ2) is 46.6. The molecule has 70 heavy (non-hydrogen) atoms. The molecule has 8 atom stereocenters. The molecule has 1 aliphatic heterocycles. The van der Waals surface area contributed by atoms with Crippen molar-refractivity contribution in [1.82, 2.24) is 5.32 Å². The van der Waals surface area contributed by atoms with Crippen LogP contribution in [0.15, 0.2) is 97.2 Å². The van der Waals surface area contributed by atoms with Crippen LogP contribution in [0.4, 0.5) is 0 Å². The summed E-state index contributed by atoms with van der Waals surface area (Å²) in [4.78, 5) is 26.4. The number of allylic oxidation sites excluding steroid dienone is 15. The summed E-state index contributed by atoms with van der Waals surface area (Å²) in [7, 11) is 0. The summed E-state index contributed by atoms with van der Waals surface area (Å²) in [6.45, 7) is 5.56. The van der Waals surface area contributed by atoms with Gasteiger partial charge in [0.1, 0.15) is 24.4 Å². The molecule has 6 N–H and O–H groups in total. The molecule has 1 aliphatic rings.